The summed E-state index contributed by atoms with van der Waals surface area (Å²) in [5.41, 5.74) is 3.29. The van der Waals surface area contributed by atoms with E-state index in [-0.39, 0.29) is 11.0 Å². The summed E-state index contributed by atoms with van der Waals surface area (Å²) in [5.74, 6) is 0.391. The molecule has 0 atom stereocenters. The Balaban J connectivity index is 2.03. The predicted octanol–water partition coefficient (Wildman–Crippen LogP) is 4.68. The molecule has 2 N–H and O–H groups in total. The second-order valence-electron chi connectivity index (χ2n) is 5.61. The number of amides is 1. The number of nitrogens with one attached hydrogen (secondary N) is 2. The lowest BCUT2D eigenvalue weighted by molar-refractivity contribution is 0.0977. The van der Waals surface area contributed by atoms with Gasteiger partial charge in [-0.05, 0) is 84.1 Å². The quantitative estimate of drug-likeness (QED) is 0.382. The van der Waals surface area contributed by atoms with Crippen LogP contribution >= 0.6 is 34.8 Å². The maximum Gasteiger partial charge on any atom is 0.257 e. The van der Waals surface area contributed by atoms with Gasteiger partial charge >= 0.3 is 0 Å². The van der Waals surface area contributed by atoms with E-state index in [0.717, 1.165) is 14.7 Å². The first-order chi connectivity index (χ1) is 11.9. The number of benzene rings is 2. The molecule has 0 aliphatic heterocycles. The average Bonchev–Trinajstić information content (AvgIpc) is 2.56. The van der Waals surface area contributed by atoms with Crippen LogP contribution in [0.25, 0.3) is 0 Å². The van der Waals surface area contributed by atoms with Gasteiger partial charge in [-0.25, -0.2) is 0 Å². The molecule has 0 fully saturated rings. The monoisotopic (exact) mass is 466 g/mol. The van der Waals surface area contributed by atoms with Crippen LogP contribution in [0.4, 0.5) is 5.69 Å². The van der Waals surface area contributed by atoms with Gasteiger partial charge in [0.1, 0.15) is 12.4 Å². The SMILES string of the molecule is C=C(C)COc1ccccc1NC(=S)NC(=O)c1ccc(C)c(I)c1. The summed E-state index contributed by atoms with van der Waals surface area (Å²) in [6, 6.07) is 12.9. The largest absolute Gasteiger partial charge is 0.487 e. The minimum atomic E-state index is -0.254. The molecule has 6 heteroatoms. The van der Waals surface area contributed by atoms with E-state index in [9.17, 15) is 4.79 Å². The Kier molecular flexibility index (Phi) is 6.95. The minimum Gasteiger partial charge on any atom is -0.487 e. The van der Waals surface area contributed by atoms with Crippen molar-refractivity contribution in [3.8, 4) is 5.75 Å². The molecule has 25 heavy (non-hydrogen) atoms. The van der Waals surface area contributed by atoms with Crippen LogP contribution in [-0.2, 0) is 0 Å². The lowest BCUT2D eigenvalue weighted by Gasteiger charge is -2.14. The van der Waals surface area contributed by atoms with Crippen molar-refractivity contribution < 1.29 is 9.53 Å². The number of hydrogen-bond donors (Lipinski definition) is 2. The standard InChI is InChI=1S/C19H19IN2O2S/c1-12(2)11-24-17-7-5-4-6-16(17)21-19(25)22-18(23)14-9-8-13(3)15(20)10-14/h4-10H,1,11H2,2-3H3,(H2,21,22,23,25). The topological polar surface area (TPSA) is 50.4 Å². The molecule has 0 bridgehead atoms. The van der Waals surface area contributed by atoms with Crippen molar-refractivity contribution in [3.05, 3.63) is 69.3 Å². The highest BCUT2D eigenvalue weighted by Crippen LogP contribution is 2.24. The molecule has 0 saturated heterocycles. The molecule has 0 aliphatic rings. The third-order valence-electron chi connectivity index (χ3n) is 3.27. The number of thiocarbonyl (C=S) groups is 1. The van der Waals surface area contributed by atoms with Crippen LogP contribution in [0.3, 0.4) is 0 Å². The van der Waals surface area contributed by atoms with Gasteiger partial charge in [0.2, 0.25) is 0 Å². The fraction of sp³-hybridized carbons (Fsp3) is 0.158. The van der Waals surface area contributed by atoms with Crippen molar-refractivity contribution in [3.63, 3.8) is 0 Å². The van der Waals surface area contributed by atoms with Crippen LogP contribution in [-0.4, -0.2) is 17.6 Å². The lowest BCUT2D eigenvalue weighted by atomic mass is 10.1. The second kappa shape index (κ2) is 8.96. The van der Waals surface area contributed by atoms with E-state index in [0.29, 0.717) is 23.6 Å². The van der Waals surface area contributed by atoms with Gasteiger partial charge < -0.3 is 10.1 Å². The van der Waals surface area contributed by atoms with E-state index in [1.54, 1.807) is 6.07 Å². The minimum absolute atomic E-state index is 0.215. The van der Waals surface area contributed by atoms with Crippen molar-refractivity contribution in [2.75, 3.05) is 11.9 Å². The van der Waals surface area contributed by atoms with Crippen molar-refractivity contribution in [2.45, 2.75) is 13.8 Å². The number of anilines is 1. The molecule has 1 amide bonds. The molecule has 130 valence electrons. The number of halogens is 1. The summed E-state index contributed by atoms with van der Waals surface area (Å²) in [6.07, 6.45) is 0. The molecule has 0 unspecified atom stereocenters. The van der Waals surface area contributed by atoms with Gasteiger partial charge in [0.05, 0.1) is 5.69 Å². The summed E-state index contributed by atoms with van der Waals surface area (Å²) in [7, 11) is 0. The van der Waals surface area contributed by atoms with Crippen molar-refractivity contribution in [2.24, 2.45) is 0 Å². The molecule has 4 nitrogen and oxygen atoms in total. The Labute approximate surface area is 166 Å². The number of rotatable bonds is 5. The Bertz CT molecular complexity index is 821. The molecule has 0 saturated carbocycles. The van der Waals surface area contributed by atoms with E-state index in [2.05, 4.69) is 39.8 Å². The zero-order valence-electron chi connectivity index (χ0n) is 14.1. The van der Waals surface area contributed by atoms with Gasteiger partial charge in [-0.1, -0.05) is 24.8 Å². The smallest absolute Gasteiger partial charge is 0.257 e. The zero-order valence-corrected chi connectivity index (χ0v) is 17.0. The van der Waals surface area contributed by atoms with Crippen LogP contribution < -0.4 is 15.4 Å². The van der Waals surface area contributed by atoms with Gasteiger partial charge in [0.15, 0.2) is 5.11 Å². The Morgan fingerprint density at radius 1 is 1.28 bits per heavy atom. The molecule has 2 aromatic rings. The molecule has 0 heterocycles. The highest BCUT2D eigenvalue weighted by Gasteiger charge is 2.11. The van der Waals surface area contributed by atoms with Crippen LogP contribution in [0.1, 0.15) is 22.8 Å². The molecule has 2 aromatic carbocycles. The number of hydrogen-bond acceptors (Lipinski definition) is 3. The normalized spacial score (nSPS) is 10.0. The van der Waals surface area contributed by atoms with Gasteiger partial charge in [0, 0.05) is 9.13 Å². The number of para-hydroxylation sites is 2. The molecular weight excluding hydrogens is 447 g/mol. The highest BCUT2D eigenvalue weighted by atomic mass is 127. The molecule has 0 aromatic heterocycles. The summed E-state index contributed by atoms with van der Waals surface area (Å²) < 4.78 is 6.71. The maximum absolute atomic E-state index is 12.3. The van der Waals surface area contributed by atoms with E-state index in [1.165, 1.54) is 0 Å². The predicted molar refractivity (Wildman–Crippen MR) is 114 cm³/mol. The van der Waals surface area contributed by atoms with Crippen LogP contribution in [0.15, 0.2) is 54.6 Å². The van der Waals surface area contributed by atoms with Crippen LogP contribution in [0, 0.1) is 10.5 Å². The molecule has 0 aliphatic carbocycles. The fourth-order valence-electron chi connectivity index (χ4n) is 1.96. The van der Waals surface area contributed by atoms with Crippen molar-refractivity contribution in [1.82, 2.24) is 5.32 Å². The summed E-state index contributed by atoms with van der Waals surface area (Å²) in [4.78, 5) is 12.3. The Morgan fingerprint density at radius 2 is 2.00 bits per heavy atom. The van der Waals surface area contributed by atoms with Gasteiger partial charge in [-0.2, -0.15) is 0 Å². The summed E-state index contributed by atoms with van der Waals surface area (Å²) in [5, 5.41) is 5.91. The summed E-state index contributed by atoms with van der Waals surface area (Å²) >= 11 is 7.45. The fourth-order valence-corrected chi connectivity index (χ4v) is 2.68. The maximum atomic E-state index is 12.3. The molecular formula is C19H19IN2O2S. The summed E-state index contributed by atoms with van der Waals surface area (Å²) in [6.45, 7) is 8.12. The first-order valence-electron chi connectivity index (χ1n) is 7.61. The first kappa shape index (κ1) is 19.4. The van der Waals surface area contributed by atoms with Gasteiger partial charge in [-0.3, -0.25) is 10.1 Å². The number of carbonyl (C=O) groups excluding carboxylic acids is 1. The molecule has 0 spiro atoms. The molecule has 2 rings (SSSR count). The van der Waals surface area contributed by atoms with Crippen molar-refractivity contribution in [1.29, 1.82) is 0 Å². The van der Waals surface area contributed by atoms with Crippen LogP contribution in [0.5, 0.6) is 5.75 Å². The molecule has 0 radical (unpaired) electrons. The van der Waals surface area contributed by atoms with E-state index >= 15 is 0 Å². The number of aryl methyl sites for hydroxylation is 1. The third kappa shape index (κ3) is 5.82. The van der Waals surface area contributed by atoms with E-state index < -0.39 is 0 Å². The second-order valence-corrected chi connectivity index (χ2v) is 7.18. The van der Waals surface area contributed by atoms with Crippen molar-refractivity contribution >= 4 is 51.5 Å². The average molecular weight is 466 g/mol. The Morgan fingerprint density at radius 3 is 2.68 bits per heavy atom. The zero-order chi connectivity index (χ0) is 18.4. The van der Waals surface area contributed by atoms with E-state index in [1.807, 2.05) is 50.2 Å². The lowest BCUT2D eigenvalue weighted by Crippen LogP contribution is -2.34. The number of carbonyl (C=O) groups is 1. The Hall–Kier alpha value is -1.93. The van der Waals surface area contributed by atoms with Crippen LogP contribution in [0.2, 0.25) is 0 Å². The highest BCUT2D eigenvalue weighted by molar-refractivity contribution is 14.1. The number of ether oxygens (including phenoxy) is 1. The van der Waals surface area contributed by atoms with Gasteiger partial charge in [0.25, 0.3) is 5.91 Å². The van der Waals surface area contributed by atoms with E-state index in [4.69, 9.17) is 17.0 Å². The van der Waals surface area contributed by atoms with Gasteiger partial charge in [-0.15, -0.1) is 0 Å². The first-order valence-corrected chi connectivity index (χ1v) is 9.10. The third-order valence-corrected chi connectivity index (χ3v) is 4.64.